The van der Waals surface area contributed by atoms with Crippen LogP contribution in [0.3, 0.4) is 0 Å². The largest absolute Gasteiger partial charge is 0.465 e. The number of nitrogens with zero attached hydrogens (tertiary/aromatic N) is 1. The van der Waals surface area contributed by atoms with Gasteiger partial charge in [0.15, 0.2) is 0 Å². The van der Waals surface area contributed by atoms with Crippen LogP contribution in [0.5, 0.6) is 0 Å². The molecule has 1 aromatic heterocycles. The lowest BCUT2D eigenvalue weighted by Gasteiger charge is -2.10. The van der Waals surface area contributed by atoms with E-state index in [1.165, 1.54) is 12.3 Å². The molecule has 17 heavy (non-hydrogen) atoms. The van der Waals surface area contributed by atoms with Crippen LogP contribution in [0.25, 0.3) is 6.08 Å². The van der Waals surface area contributed by atoms with Gasteiger partial charge in [0, 0.05) is 18.9 Å². The number of hydrogen-bond acceptors (Lipinski definition) is 5. The Labute approximate surface area is 96.4 Å². The number of hydrogen-bond donors (Lipinski definition) is 0. The summed E-state index contributed by atoms with van der Waals surface area (Å²) >= 11 is 0. The molecule has 0 aliphatic carbocycles. The molecule has 1 aliphatic heterocycles. The van der Waals surface area contributed by atoms with Crippen LogP contribution >= 0.6 is 0 Å². The summed E-state index contributed by atoms with van der Waals surface area (Å²) in [5.41, 5.74) is 0. The van der Waals surface area contributed by atoms with Gasteiger partial charge in [0.1, 0.15) is 5.76 Å². The Bertz CT molecular complexity index is 458. The molecule has 0 bridgehead atoms. The normalized spacial score (nSPS) is 15.9. The molecular formula is C11H9NO5. The molecule has 0 atom stereocenters. The number of hydroxylamine groups is 2. The van der Waals surface area contributed by atoms with Crippen molar-refractivity contribution in [2.24, 2.45) is 0 Å². The topological polar surface area (TPSA) is 76.8 Å². The highest BCUT2D eigenvalue weighted by molar-refractivity contribution is 6.02. The van der Waals surface area contributed by atoms with Crippen LogP contribution < -0.4 is 0 Å². The summed E-state index contributed by atoms with van der Waals surface area (Å²) in [5.74, 6) is -1.34. The second-order valence-electron chi connectivity index (χ2n) is 3.34. The van der Waals surface area contributed by atoms with E-state index in [0.29, 0.717) is 10.8 Å². The van der Waals surface area contributed by atoms with Gasteiger partial charge < -0.3 is 9.25 Å². The third-order valence-electron chi connectivity index (χ3n) is 2.11. The van der Waals surface area contributed by atoms with Crippen molar-refractivity contribution in [2.75, 3.05) is 0 Å². The second kappa shape index (κ2) is 4.65. The number of carbonyl (C=O) groups excluding carboxylic acids is 3. The van der Waals surface area contributed by atoms with Crippen LogP contribution in [-0.2, 0) is 19.2 Å². The van der Waals surface area contributed by atoms with Crippen LogP contribution in [0.4, 0.5) is 0 Å². The van der Waals surface area contributed by atoms with E-state index in [1.807, 2.05) is 0 Å². The molecule has 0 unspecified atom stereocenters. The van der Waals surface area contributed by atoms with Gasteiger partial charge in [-0.1, -0.05) is 0 Å². The lowest BCUT2D eigenvalue weighted by atomic mass is 10.4. The maximum Gasteiger partial charge on any atom is 0.356 e. The Morgan fingerprint density at radius 2 is 2.06 bits per heavy atom. The molecule has 0 aromatic carbocycles. The molecule has 6 nitrogen and oxygen atoms in total. The predicted octanol–water partition coefficient (Wildman–Crippen LogP) is 0.900. The van der Waals surface area contributed by atoms with Gasteiger partial charge in [0.25, 0.3) is 11.8 Å². The van der Waals surface area contributed by atoms with Crippen LogP contribution in [0.15, 0.2) is 28.9 Å². The summed E-state index contributed by atoms with van der Waals surface area (Å²) < 4.78 is 4.95. The number of rotatable bonds is 3. The van der Waals surface area contributed by atoms with Crippen molar-refractivity contribution in [1.82, 2.24) is 5.06 Å². The van der Waals surface area contributed by atoms with Crippen molar-refractivity contribution >= 4 is 23.9 Å². The average molecular weight is 235 g/mol. The van der Waals surface area contributed by atoms with Gasteiger partial charge in [-0.05, 0) is 18.2 Å². The van der Waals surface area contributed by atoms with Crippen molar-refractivity contribution in [3.8, 4) is 0 Å². The Kier molecular flexibility index (Phi) is 3.04. The predicted molar refractivity (Wildman–Crippen MR) is 54.9 cm³/mol. The summed E-state index contributed by atoms with van der Waals surface area (Å²) in [6.07, 6.45) is 4.08. The first-order chi connectivity index (χ1) is 8.16. The summed E-state index contributed by atoms with van der Waals surface area (Å²) in [4.78, 5) is 38.2. The number of furan rings is 1. The van der Waals surface area contributed by atoms with Crippen molar-refractivity contribution in [1.29, 1.82) is 0 Å². The quantitative estimate of drug-likeness (QED) is 0.574. The van der Waals surface area contributed by atoms with E-state index in [9.17, 15) is 14.4 Å². The molecule has 2 heterocycles. The van der Waals surface area contributed by atoms with Gasteiger partial charge in [-0.25, -0.2) is 4.79 Å². The fraction of sp³-hybridized carbons (Fsp3) is 0.182. The van der Waals surface area contributed by atoms with Gasteiger partial charge in [-0.3, -0.25) is 9.59 Å². The molecule has 0 N–H and O–H groups in total. The van der Waals surface area contributed by atoms with Crippen molar-refractivity contribution in [2.45, 2.75) is 12.8 Å². The standard InChI is InChI=1S/C11H9NO5/c13-9-4-5-10(14)12(9)17-11(15)6-3-8-2-1-7-16-8/h1-3,6-7H,4-5H2/b6-3-. The highest BCUT2D eigenvalue weighted by Crippen LogP contribution is 2.12. The number of imide groups is 1. The molecule has 0 saturated carbocycles. The Hall–Kier alpha value is -2.37. The Balaban J connectivity index is 1.93. The molecule has 1 fully saturated rings. The van der Waals surface area contributed by atoms with E-state index >= 15 is 0 Å². The lowest BCUT2D eigenvalue weighted by molar-refractivity contribution is -0.193. The third kappa shape index (κ3) is 2.60. The zero-order valence-electron chi connectivity index (χ0n) is 8.79. The van der Waals surface area contributed by atoms with Gasteiger partial charge in [0.05, 0.1) is 6.26 Å². The fourth-order valence-corrected chi connectivity index (χ4v) is 1.31. The summed E-state index contributed by atoms with van der Waals surface area (Å²) in [7, 11) is 0. The molecule has 88 valence electrons. The molecule has 2 amide bonds. The van der Waals surface area contributed by atoms with Gasteiger partial charge in [0.2, 0.25) is 0 Å². The van der Waals surface area contributed by atoms with Crippen LogP contribution in [0.1, 0.15) is 18.6 Å². The SMILES string of the molecule is O=C(/C=C\c1ccco1)ON1C(=O)CCC1=O. The first-order valence-corrected chi connectivity index (χ1v) is 4.96. The Morgan fingerprint density at radius 3 is 2.65 bits per heavy atom. The van der Waals surface area contributed by atoms with Crippen molar-refractivity contribution in [3.63, 3.8) is 0 Å². The maximum absolute atomic E-state index is 11.3. The highest BCUT2D eigenvalue weighted by Gasteiger charge is 2.32. The average Bonchev–Trinajstić information content (AvgIpc) is 2.91. The molecule has 6 heteroatoms. The molecular weight excluding hydrogens is 226 g/mol. The minimum Gasteiger partial charge on any atom is -0.465 e. The van der Waals surface area contributed by atoms with E-state index in [-0.39, 0.29) is 12.8 Å². The monoisotopic (exact) mass is 235 g/mol. The van der Waals surface area contributed by atoms with E-state index in [2.05, 4.69) is 4.84 Å². The summed E-state index contributed by atoms with van der Waals surface area (Å²) in [6, 6.07) is 3.31. The maximum atomic E-state index is 11.3. The van der Waals surface area contributed by atoms with Crippen LogP contribution in [0.2, 0.25) is 0 Å². The molecule has 2 rings (SSSR count). The minimum absolute atomic E-state index is 0.0774. The van der Waals surface area contributed by atoms with E-state index in [1.54, 1.807) is 12.1 Å². The van der Waals surface area contributed by atoms with Gasteiger partial charge in [-0.2, -0.15) is 0 Å². The first-order valence-electron chi connectivity index (χ1n) is 4.96. The highest BCUT2D eigenvalue weighted by atomic mass is 16.7. The smallest absolute Gasteiger partial charge is 0.356 e. The van der Waals surface area contributed by atoms with Crippen LogP contribution in [-0.4, -0.2) is 22.8 Å². The number of amides is 2. The van der Waals surface area contributed by atoms with Gasteiger partial charge >= 0.3 is 5.97 Å². The summed E-state index contributed by atoms with van der Waals surface area (Å²) in [6.45, 7) is 0. The zero-order valence-corrected chi connectivity index (χ0v) is 8.79. The zero-order chi connectivity index (χ0) is 12.3. The summed E-state index contributed by atoms with van der Waals surface area (Å²) in [5, 5.41) is 0.495. The molecule has 0 spiro atoms. The second-order valence-corrected chi connectivity index (χ2v) is 3.34. The molecule has 1 aliphatic rings. The van der Waals surface area contributed by atoms with Crippen molar-refractivity contribution in [3.05, 3.63) is 30.2 Å². The number of carbonyl (C=O) groups is 3. The Morgan fingerprint density at radius 1 is 1.35 bits per heavy atom. The first kappa shape index (κ1) is 11.1. The minimum atomic E-state index is -0.801. The third-order valence-corrected chi connectivity index (χ3v) is 2.11. The van der Waals surface area contributed by atoms with Crippen molar-refractivity contribution < 1.29 is 23.6 Å². The van der Waals surface area contributed by atoms with E-state index in [0.717, 1.165) is 6.08 Å². The molecule has 0 radical (unpaired) electrons. The molecule has 1 saturated heterocycles. The van der Waals surface area contributed by atoms with E-state index < -0.39 is 17.8 Å². The molecule has 1 aromatic rings. The van der Waals surface area contributed by atoms with Gasteiger partial charge in [-0.15, -0.1) is 5.06 Å². The van der Waals surface area contributed by atoms with E-state index in [4.69, 9.17) is 4.42 Å². The van der Waals surface area contributed by atoms with Crippen LogP contribution in [0, 0.1) is 0 Å². The lowest BCUT2D eigenvalue weighted by Crippen LogP contribution is -2.31. The fourth-order valence-electron chi connectivity index (χ4n) is 1.31.